The van der Waals surface area contributed by atoms with Crippen LogP contribution >= 0.6 is 0 Å². The molecule has 4 heteroatoms. The molecule has 1 aromatic heterocycles. The molecule has 1 aromatic carbocycles. The van der Waals surface area contributed by atoms with E-state index in [2.05, 4.69) is 17.6 Å². The number of furan rings is 1. The standard InChI is InChI=1S/C17H22N2O2/c1-3-11-18-12-13-5-7-14(8-6-13)19-17(20)16-10-9-15(4-2)21-16/h5-10,18H,3-4,11-12H2,1-2H3,(H,19,20). The summed E-state index contributed by atoms with van der Waals surface area (Å²) in [7, 11) is 0. The first kappa shape index (κ1) is 15.3. The molecule has 4 nitrogen and oxygen atoms in total. The lowest BCUT2D eigenvalue weighted by Crippen LogP contribution is -2.14. The highest BCUT2D eigenvalue weighted by molar-refractivity contribution is 6.02. The van der Waals surface area contributed by atoms with Crippen molar-refractivity contribution in [3.8, 4) is 0 Å². The van der Waals surface area contributed by atoms with E-state index in [4.69, 9.17) is 4.42 Å². The molecule has 0 radical (unpaired) electrons. The van der Waals surface area contributed by atoms with E-state index in [1.165, 1.54) is 5.56 Å². The van der Waals surface area contributed by atoms with Crippen molar-refractivity contribution in [1.29, 1.82) is 0 Å². The Bertz CT molecular complexity index is 573. The van der Waals surface area contributed by atoms with Crippen molar-refractivity contribution in [2.24, 2.45) is 0 Å². The van der Waals surface area contributed by atoms with Crippen molar-refractivity contribution in [3.05, 3.63) is 53.5 Å². The lowest BCUT2D eigenvalue weighted by Gasteiger charge is -2.06. The first-order chi connectivity index (χ1) is 10.2. The molecular formula is C17H22N2O2. The van der Waals surface area contributed by atoms with Crippen molar-refractivity contribution in [2.45, 2.75) is 33.2 Å². The molecule has 2 rings (SSSR count). The highest BCUT2D eigenvalue weighted by Crippen LogP contribution is 2.13. The number of anilines is 1. The molecule has 0 aliphatic carbocycles. The second kappa shape index (κ2) is 7.64. The van der Waals surface area contributed by atoms with Gasteiger partial charge in [0.15, 0.2) is 5.76 Å². The second-order valence-electron chi connectivity index (χ2n) is 4.95. The lowest BCUT2D eigenvalue weighted by molar-refractivity contribution is 0.0995. The summed E-state index contributed by atoms with van der Waals surface area (Å²) < 4.78 is 5.43. The van der Waals surface area contributed by atoms with Gasteiger partial charge in [0.1, 0.15) is 5.76 Å². The summed E-state index contributed by atoms with van der Waals surface area (Å²) in [5.74, 6) is 0.949. The van der Waals surface area contributed by atoms with E-state index in [1.54, 1.807) is 6.07 Å². The van der Waals surface area contributed by atoms with Gasteiger partial charge >= 0.3 is 0 Å². The maximum Gasteiger partial charge on any atom is 0.291 e. The van der Waals surface area contributed by atoms with Gasteiger partial charge in [0, 0.05) is 18.7 Å². The van der Waals surface area contributed by atoms with E-state index >= 15 is 0 Å². The Kier molecular flexibility index (Phi) is 5.58. The van der Waals surface area contributed by atoms with Crippen molar-refractivity contribution in [2.75, 3.05) is 11.9 Å². The average molecular weight is 286 g/mol. The number of benzene rings is 1. The molecule has 0 bridgehead atoms. The highest BCUT2D eigenvalue weighted by atomic mass is 16.3. The highest BCUT2D eigenvalue weighted by Gasteiger charge is 2.10. The van der Waals surface area contributed by atoms with Gasteiger partial charge in [0.2, 0.25) is 0 Å². The zero-order chi connectivity index (χ0) is 15.1. The first-order valence-electron chi connectivity index (χ1n) is 7.42. The van der Waals surface area contributed by atoms with Gasteiger partial charge in [-0.15, -0.1) is 0 Å². The van der Waals surface area contributed by atoms with E-state index in [0.717, 1.165) is 37.4 Å². The van der Waals surface area contributed by atoms with Crippen LogP contribution < -0.4 is 10.6 Å². The predicted octanol–water partition coefficient (Wildman–Crippen LogP) is 3.59. The van der Waals surface area contributed by atoms with Gasteiger partial charge in [-0.3, -0.25) is 4.79 Å². The molecule has 0 aliphatic rings. The normalized spacial score (nSPS) is 10.6. The van der Waals surface area contributed by atoms with Crippen molar-refractivity contribution >= 4 is 11.6 Å². The van der Waals surface area contributed by atoms with E-state index in [0.29, 0.717) is 5.76 Å². The fourth-order valence-corrected chi connectivity index (χ4v) is 2.00. The zero-order valence-electron chi connectivity index (χ0n) is 12.6. The maximum atomic E-state index is 12.0. The van der Waals surface area contributed by atoms with Gasteiger partial charge in [0.25, 0.3) is 5.91 Å². The zero-order valence-corrected chi connectivity index (χ0v) is 12.6. The Morgan fingerprint density at radius 3 is 2.48 bits per heavy atom. The van der Waals surface area contributed by atoms with E-state index in [9.17, 15) is 4.79 Å². The number of aryl methyl sites for hydroxylation is 1. The largest absolute Gasteiger partial charge is 0.456 e. The van der Waals surface area contributed by atoms with Crippen LogP contribution in [-0.4, -0.2) is 12.5 Å². The molecule has 2 N–H and O–H groups in total. The van der Waals surface area contributed by atoms with Gasteiger partial charge < -0.3 is 15.1 Å². The molecule has 0 atom stereocenters. The summed E-state index contributed by atoms with van der Waals surface area (Å²) in [5, 5.41) is 6.18. The number of nitrogens with one attached hydrogen (secondary N) is 2. The average Bonchev–Trinajstić information content (AvgIpc) is 2.98. The quantitative estimate of drug-likeness (QED) is 0.765. The summed E-state index contributed by atoms with van der Waals surface area (Å²) >= 11 is 0. The van der Waals surface area contributed by atoms with Gasteiger partial charge in [0.05, 0.1) is 0 Å². The predicted molar refractivity (Wildman–Crippen MR) is 84.5 cm³/mol. The maximum absolute atomic E-state index is 12.0. The molecule has 0 fully saturated rings. The third kappa shape index (κ3) is 4.46. The summed E-state index contributed by atoms with van der Waals surface area (Å²) in [5.41, 5.74) is 1.97. The fourth-order valence-electron chi connectivity index (χ4n) is 2.00. The molecule has 1 heterocycles. The number of carbonyl (C=O) groups is 1. The molecule has 112 valence electrons. The molecule has 2 aromatic rings. The Labute approximate surface area is 125 Å². The lowest BCUT2D eigenvalue weighted by atomic mass is 10.2. The van der Waals surface area contributed by atoms with Crippen molar-refractivity contribution in [3.63, 3.8) is 0 Å². The van der Waals surface area contributed by atoms with Crippen LogP contribution in [0.5, 0.6) is 0 Å². The van der Waals surface area contributed by atoms with Crippen molar-refractivity contribution in [1.82, 2.24) is 5.32 Å². The Hall–Kier alpha value is -2.07. The van der Waals surface area contributed by atoms with Gasteiger partial charge in [-0.2, -0.15) is 0 Å². The minimum Gasteiger partial charge on any atom is -0.456 e. The second-order valence-corrected chi connectivity index (χ2v) is 4.95. The third-order valence-electron chi connectivity index (χ3n) is 3.20. The fraction of sp³-hybridized carbons (Fsp3) is 0.353. The van der Waals surface area contributed by atoms with Crippen LogP contribution in [0.25, 0.3) is 0 Å². The Morgan fingerprint density at radius 1 is 1.10 bits per heavy atom. The summed E-state index contributed by atoms with van der Waals surface area (Å²) in [6.45, 7) is 5.99. The summed E-state index contributed by atoms with van der Waals surface area (Å²) in [6, 6.07) is 11.4. The topological polar surface area (TPSA) is 54.3 Å². The number of hydrogen-bond donors (Lipinski definition) is 2. The number of carbonyl (C=O) groups excluding carboxylic acids is 1. The SMILES string of the molecule is CCCNCc1ccc(NC(=O)c2ccc(CC)o2)cc1. The Balaban J connectivity index is 1.91. The molecule has 0 unspecified atom stereocenters. The third-order valence-corrected chi connectivity index (χ3v) is 3.20. The van der Waals surface area contributed by atoms with Crippen LogP contribution in [0.2, 0.25) is 0 Å². The van der Waals surface area contributed by atoms with E-state index in [1.807, 2.05) is 37.3 Å². The van der Waals surface area contributed by atoms with Gasteiger partial charge in [-0.25, -0.2) is 0 Å². The van der Waals surface area contributed by atoms with Crippen LogP contribution in [0.1, 0.15) is 42.1 Å². The number of hydrogen-bond acceptors (Lipinski definition) is 3. The first-order valence-corrected chi connectivity index (χ1v) is 7.42. The van der Waals surface area contributed by atoms with E-state index in [-0.39, 0.29) is 5.91 Å². The molecule has 0 spiro atoms. The van der Waals surface area contributed by atoms with Crippen LogP contribution in [0.4, 0.5) is 5.69 Å². The van der Waals surface area contributed by atoms with E-state index < -0.39 is 0 Å². The van der Waals surface area contributed by atoms with Crippen LogP contribution in [-0.2, 0) is 13.0 Å². The van der Waals surface area contributed by atoms with Gasteiger partial charge in [-0.1, -0.05) is 26.0 Å². The summed E-state index contributed by atoms with van der Waals surface area (Å²) in [6.07, 6.45) is 1.91. The molecule has 1 amide bonds. The number of rotatable bonds is 7. The molecule has 0 saturated heterocycles. The molecule has 0 aliphatic heterocycles. The van der Waals surface area contributed by atoms with Crippen LogP contribution in [0.15, 0.2) is 40.8 Å². The van der Waals surface area contributed by atoms with Crippen LogP contribution in [0, 0.1) is 0 Å². The van der Waals surface area contributed by atoms with Gasteiger partial charge in [-0.05, 0) is 42.8 Å². The smallest absolute Gasteiger partial charge is 0.291 e. The molecular weight excluding hydrogens is 264 g/mol. The minimum atomic E-state index is -0.216. The minimum absolute atomic E-state index is 0.216. The molecule has 21 heavy (non-hydrogen) atoms. The summed E-state index contributed by atoms with van der Waals surface area (Å²) in [4.78, 5) is 12.0. The Morgan fingerprint density at radius 2 is 1.86 bits per heavy atom. The van der Waals surface area contributed by atoms with Crippen molar-refractivity contribution < 1.29 is 9.21 Å². The van der Waals surface area contributed by atoms with Crippen LogP contribution in [0.3, 0.4) is 0 Å². The monoisotopic (exact) mass is 286 g/mol. The number of amides is 1. The molecule has 0 saturated carbocycles.